The van der Waals surface area contributed by atoms with Gasteiger partial charge in [-0.1, -0.05) is 6.42 Å². The van der Waals surface area contributed by atoms with Crippen molar-refractivity contribution in [1.82, 2.24) is 9.55 Å². The molecule has 0 unspecified atom stereocenters. The largest absolute Gasteiger partial charge is 0.334 e. The molecule has 0 saturated heterocycles. The van der Waals surface area contributed by atoms with E-state index in [4.69, 9.17) is 11.6 Å². The van der Waals surface area contributed by atoms with Gasteiger partial charge >= 0.3 is 0 Å². The minimum absolute atomic E-state index is 0.566. The number of hydrogen-bond acceptors (Lipinski definition) is 1. The van der Waals surface area contributed by atoms with Crippen molar-refractivity contribution < 1.29 is 0 Å². The maximum absolute atomic E-state index is 5.75. The Morgan fingerprint density at radius 1 is 1.67 bits per heavy atom. The highest BCUT2D eigenvalue weighted by atomic mass is 35.5. The Morgan fingerprint density at radius 2 is 2.42 bits per heavy atom. The van der Waals surface area contributed by atoms with E-state index in [1.54, 1.807) is 0 Å². The van der Waals surface area contributed by atoms with Gasteiger partial charge in [-0.15, -0.1) is 11.6 Å². The Morgan fingerprint density at radius 3 is 2.83 bits per heavy atom. The van der Waals surface area contributed by atoms with Crippen molar-refractivity contribution in [2.45, 2.75) is 31.1 Å². The van der Waals surface area contributed by atoms with Crippen LogP contribution in [0.1, 0.15) is 36.7 Å². The maximum Gasteiger partial charge on any atom is 0.111 e. The molecule has 66 valence electrons. The van der Waals surface area contributed by atoms with Crippen molar-refractivity contribution in [2.75, 3.05) is 0 Å². The molecule has 1 heterocycles. The average molecular weight is 185 g/mol. The van der Waals surface area contributed by atoms with Crippen LogP contribution in [-0.4, -0.2) is 9.55 Å². The molecule has 0 radical (unpaired) electrons. The second-order valence-corrected chi connectivity index (χ2v) is 3.70. The third kappa shape index (κ3) is 1.14. The van der Waals surface area contributed by atoms with Gasteiger partial charge in [0.25, 0.3) is 0 Å². The van der Waals surface area contributed by atoms with Crippen LogP contribution in [0.5, 0.6) is 0 Å². The van der Waals surface area contributed by atoms with Crippen LogP contribution in [0.15, 0.2) is 6.20 Å². The maximum atomic E-state index is 5.75. The summed E-state index contributed by atoms with van der Waals surface area (Å²) in [6, 6.07) is 0. The number of aromatic nitrogens is 2. The third-order valence-corrected chi connectivity index (χ3v) is 3.00. The summed E-state index contributed by atoms with van der Waals surface area (Å²) >= 11 is 5.75. The number of rotatable bonds is 2. The molecule has 3 heteroatoms. The number of halogens is 1. The van der Waals surface area contributed by atoms with Crippen LogP contribution in [0.25, 0.3) is 0 Å². The second-order valence-electron chi connectivity index (χ2n) is 3.43. The second kappa shape index (κ2) is 3.09. The molecule has 1 aromatic heterocycles. The smallest absolute Gasteiger partial charge is 0.111 e. The van der Waals surface area contributed by atoms with Gasteiger partial charge in [-0.3, -0.25) is 0 Å². The first-order valence-electron chi connectivity index (χ1n) is 4.39. The number of alkyl halides is 1. The Hall–Kier alpha value is -0.500. The Balaban J connectivity index is 2.25. The summed E-state index contributed by atoms with van der Waals surface area (Å²) in [6.07, 6.45) is 5.84. The lowest BCUT2D eigenvalue weighted by Crippen LogP contribution is -2.14. The summed E-state index contributed by atoms with van der Waals surface area (Å²) in [5.41, 5.74) is 1.12. The van der Waals surface area contributed by atoms with Gasteiger partial charge in [-0.05, 0) is 12.8 Å². The van der Waals surface area contributed by atoms with E-state index in [-0.39, 0.29) is 0 Å². The minimum Gasteiger partial charge on any atom is -0.334 e. The molecule has 0 aromatic carbocycles. The lowest BCUT2D eigenvalue weighted by molar-refractivity contribution is 0.392. The molecule has 0 amide bonds. The van der Waals surface area contributed by atoms with Gasteiger partial charge < -0.3 is 4.57 Å². The fraction of sp³-hybridized carbons (Fsp3) is 0.667. The molecule has 0 atom stereocenters. The highest BCUT2D eigenvalue weighted by Crippen LogP contribution is 2.35. The van der Waals surface area contributed by atoms with E-state index in [0.29, 0.717) is 11.8 Å². The van der Waals surface area contributed by atoms with E-state index < -0.39 is 0 Å². The van der Waals surface area contributed by atoms with Crippen LogP contribution in [-0.2, 0) is 12.9 Å². The van der Waals surface area contributed by atoms with E-state index in [2.05, 4.69) is 16.6 Å². The van der Waals surface area contributed by atoms with E-state index in [9.17, 15) is 0 Å². The highest BCUT2D eigenvalue weighted by Gasteiger charge is 2.23. The summed E-state index contributed by atoms with van der Waals surface area (Å²) < 4.78 is 2.14. The normalized spacial score (nSPS) is 17.8. The molecule has 1 saturated carbocycles. The van der Waals surface area contributed by atoms with E-state index in [1.165, 1.54) is 25.1 Å². The standard InChI is InChI=1S/C9H13ClN2/c1-12-8(5-10)6-11-9(12)7-3-2-4-7/h6-7H,2-5H2,1H3. The quantitative estimate of drug-likeness (QED) is 0.646. The van der Waals surface area contributed by atoms with Crippen molar-refractivity contribution in [1.29, 1.82) is 0 Å². The zero-order valence-electron chi connectivity index (χ0n) is 7.26. The molecule has 2 rings (SSSR count). The molecule has 0 spiro atoms. The summed E-state index contributed by atoms with van der Waals surface area (Å²) in [7, 11) is 2.05. The van der Waals surface area contributed by atoms with Crippen molar-refractivity contribution in [2.24, 2.45) is 7.05 Å². The molecular formula is C9H13ClN2. The molecule has 0 N–H and O–H groups in total. The monoisotopic (exact) mass is 184 g/mol. The minimum atomic E-state index is 0.566. The molecule has 0 aliphatic heterocycles. The Kier molecular flexibility index (Phi) is 2.09. The first-order valence-corrected chi connectivity index (χ1v) is 4.93. The van der Waals surface area contributed by atoms with E-state index in [0.717, 1.165) is 5.69 Å². The van der Waals surface area contributed by atoms with E-state index >= 15 is 0 Å². The Labute approximate surface area is 77.6 Å². The molecule has 1 aliphatic rings. The molecule has 1 aliphatic carbocycles. The van der Waals surface area contributed by atoms with Crippen molar-refractivity contribution >= 4 is 11.6 Å². The third-order valence-electron chi connectivity index (χ3n) is 2.73. The summed E-state index contributed by atoms with van der Waals surface area (Å²) in [5.74, 6) is 2.49. The lowest BCUT2D eigenvalue weighted by atomic mass is 9.85. The Bertz CT molecular complexity index is 276. The molecule has 2 nitrogen and oxygen atoms in total. The van der Waals surface area contributed by atoms with E-state index in [1.807, 2.05) is 6.20 Å². The highest BCUT2D eigenvalue weighted by molar-refractivity contribution is 6.16. The number of imidazole rings is 1. The topological polar surface area (TPSA) is 17.8 Å². The average Bonchev–Trinajstić information content (AvgIpc) is 2.30. The van der Waals surface area contributed by atoms with Crippen LogP contribution >= 0.6 is 11.6 Å². The van der Waals surface area contributed by atoms with Crippen molar-refractivity contribution in [3.8, 4) is 0 Å². The molecule has 0 bridgehead atoms. The van der Waals surface area contributed by atoms with Gasteiger partial charge in [0.15, 0.2) is 0 Å². The predicted molar refractivity (Wildman–Crippen MR) is 49.4 cm³/mol. The van der Waals surface area contributed by atoms with Gasteiger partial charge in [-0.25, -0.2) is 4.98 Å². The summed E-state index contributed by atoms with van der Waals surface area (Å²) in [4.78, 5) is 4.39. The first-order chi connectivity index (χ1) is 5.83. The zero-order valence-corrected chi connectivity index (χ0v) is 8.01. The summed E-state index contributed by atoms with van der Waals surface area (Å²) in [6.45, 7) is 0. The van der Waals surface area contributed by atoms with Gasteiger partial charge in [0, 0.05) is 19.2 Å². The predicted octanol–water partition coefficient (Wildman–Crippen LogP) is 2.43. The van der Waals surface area contributed by atoms with Gasteiger partial charge in [0.1, 0.15) is 5.82 Å². The van der Waals surface area contributed by atoms with Crippen LogP contribution in [0.4, 0.5) is 0 Å². The lowest BCUT2D eigenvalue weighted by Gasteiger charge is -2.24. The molecule has 12 heavy (non-hydrogen) atoms. The van der Waals surface area contributed by atoms with Crippen LogP contribution in [0.2, 0.25) is 0 Å². The van der Waals surface area contributed by atoms with Crippen LogP contribution in [0, 0.1) is 0 Å². The van der Waals surface area contributed by atoms with Crippen LogP contribution in [0.3, 0.4) is 0 Å². The van der Waals surface area contributed by atoms with Gasteiger partial charge in [0.2, 0.25) is 0 Å². The SMILES string of the molecule is Cn1c(CCl)cnc1C1CCC1. The van der Waals surface area contributed by atoms with Crippen molar-refractivity contribution in [3.63, 3.8) is 0 Å². The van der Waals surface area contributed by atoms with Gasteiger partial charge in [-0.2, -0.15) is 0 Å². The molecule has 1 aromatic rings. The molecule has 1 fully saturated rings. The fourth-order valence-corrected chi connectivity index (χ4v) is 1.88. The zero-order chi connectivity index (χ0) is 8.55. The summed E-state index contributed by atoms with van der Waals surface area (Å²) in [5, 5.41) is 0. The van der Waals surface area contributed by atoms with Crippen molar-refractivity contribution in [3.05, 3.63) is 17.7 Å². The fourth-order valence-electron chi connectivity index (χ4n) is 1.63. The number of hydrogen-bond donors (Lipinski definition) is 0. The van der Waals surface area contributed by atoms with Gasteiger partial charge in [0.05, 0.1) is 11.6 Å². The number of nitrogens with zero attached hydrogens (tertiary/aromatic N) is 2. The first kappa shape index (κ1) is 8.11. The molecular weight excluding hydrogens is 172 g/mol. The van der Waals surface area contributed by atoms with Crippen LogP contribution < -0.4 is 0 Å².